The molecule has 314 valence electrons. The molecule has 0 fully saturated rings. The maximum atomic E-state index is 12.4. The van der Waals surface area contributed by atoms with Gasteiger partial charge in [0.25, 0.3) is 10.1 Å². The van der Waals surface area contributed by atoms with Crippen molar-refractivity contribution in [1.29, 1.82) is 0 Å². The first kappa shape index (κ1) is 45.1. The second-order valence-electron chi connectivity index (χ2n) is 16.8. The van der Waals surface area contributed by atoms with Gasteiger partial charge in [0, 0.05) is 65.5 Å². The lowest BCUT2D eigenvalue weighted by molar-refractivity contribution is -0.438. The zero-order valence-corrected chi connectivity index (χ0v) is 36.2. The Kier molecular flexibility index (Phi) is 15.4. The van der Waals surface area contributed by atoms with Crippen molar-refractivity contribution in [3.63, 3.8) is 0 Å². The molecule has 2 aliphatic heterocycles. The van der Waals surface area contributed by atoms with Gasteiger partial charge in [-0.3, -0.25) is 14.1 Å². The predicted octanol–water partition coefficient (Wildman–Crippen LogP) is 8.83. The van der Waals surface area contributed by atoms with Crippen molar-refractivity contribution in [2.45, 2.75) is 122 Å². The van der Waals surface area contributed by atoms with Crippen molar-refractivity contribution in [3.05, 3.63) is 106 Å². The lowest BCUT2D eigenvalue weighted by Gasteiger charge is -2.27. The van der Waals surface area contributed by atoms with Gasteiger partial charge in [-0.1, -0.05) is 74.0 Å². The van der Waals surface area contributed by atoms with Crippen LogP contribution >= 0.6 is 11.6 Å². The summed E-state index contributed by atoms with van der Waals surface area (Å²) in [5, 5.41) is 12.7. The number of hydrogen-bond donors (Lipinski definition) is 4. The maximum Gasteiger partial charge on any atom is 0.320 e. The molecule has 12 heteroatoms. The van der Waals surface area contributed by atoms with E-state index in [1.165, 1.54) is 22.5 Å². The third-order valence-electron chi connectivity index (χ3n) is 11.8. The zero-order valence-electron chi connectivity index (χ0n) is 34.6. The number of amides is 1. The lowest BCUT2D eigenvalue weighted by Crippen LogP contribution is -2.30. The monoisotopic (exact) mass is 833 g/mol. The molecule has 0 bridgehead atoms. The topological polar surface area (TPSA) is 153 Å². The van der Waals surface area contributed by atoms with Crippen molar-refractivity contribution >= 4 is 50.7 Å². The minimum Gasteiger partial charge on any atom is -0.480 e. The van der Waals surface area contributed by atoms with Gasteiger partial charge in [0.2, 0.25) is 11.6 Å². The van der Waals surface area contributed by atoms with Crippen LogP contribution in [0.2, 0.25) is 0 Å². The normalized spacial score (nSPS) is 19.3. The van der Waals surface area contributed by atoms with Gasteiger partial charge in [0.15, 0.2) is 5.71 Å². The minimum absolute atomic E-state index is 0.0239. The van der Waals surface area contributed by atoms with Gasteiger partial charge < -0.3 is 21.1 Å². The van der Waals surface area contributed by atoms with Crippen LogP contribution in [0.4, 0.5) is 11.4 Å². The van der Waals surface area contributed by atoms with Crippen molar-refractivity contribution < 1.29 is 32.2 Å². The number of anilines is 1. The van der Waals surface area contributed by atoms with Gasteiger partial charge in [0.05, 0.1) is 11.2 Å². The summed E-state index contributed by atoms with van der Waals surface area (Å²) >= 11 is 7.23. The molecule has 1 amide bonds. The molecule has 0 saturated carbocycles. The highest BCUT2D eigenvalue weighted by molar-refractivity contribution is 7.85. The van der Waals surface area contributed by atoms with Crippen molar-refractivity contribution in [2.75, 3.05) is 30.3 Å². The molecule has 0 spiro atoms. The summed E-state index contributed by atoms with van der Waals surface area (Å²) in [5.41, 5.74) is 14.5. The van der Waals surface area contributed by atoms with E-state index in [0.29, 0.717) is 51.6 Å². The molecule has 0 saturated heterocycles. The molecule has 2 aromatic carbocycles. The number of hydrogen-bond acceptors (Lipinski definition) is 6. The summed E-state index contributed by atoms with van der Waals surface area (Å²) < 4.78 is 34.4. The molecule has 10 nitrogen and oxygen atoms in total. The van der Waals surface area contributed by atoms with Crippen LogP contribution in [0.3, 0.4) is 0 Å². The molecule has 5 rings (SSSR count). The molecule has 3 aliphatic rings. The van der Waals surface area contributed by atoms with E-state index in [4.69, 9.17) is 22.4 Å². The molecular formula is C46H62ClN4O6S+. The summed E-state index contributed by atoms with van der Waals surface area (Å²) in [6.45, 7) is 11.0. The number of rotatable bonds is 20. The number of nitrogens with two attached hydrogens (primary N) is 1. The smallest absolute Gasteiger partial charge is 0.320 e. The SMILES string of the molecule is CC1(C)C(/C=C/C2=C(Cl)C(=C/C=C3/N(CCCCS(=O)(=O)O)c4ccccc4C3(C)C)/CCC2)=[N+](CCCCCC(=O)NCCCCC(N)C(=O)O)c2ccccc21. The number of allylic oxidation sites excluding steroid dienone is 8. The molecule has 5 N–H and O–H groups in total. The van der Waals surface area contributed by atoms with E-state index in [1.54, 1.807) is 0 Å². The van der Waals surface area contributed by atoms with Crippen LogP contribution in [-0.4, -0.2) is 71.7 Å². The van der Waals surface area contributed by atoms with E-state index in [1.807, 2.05) is 6.07 Å². The molecule has 2 aromatic rings. The van der Waals surface area contributed by atoms with Gasteiger partial charge in [-0.2, -0.15) is 13.0 Å². The highest BCUT2D eigenvalue weighted by atomic mass is 35.5. The molecule has 1 atom stereocenters. The highest BCUT2D eigenvalue weighted by Crippen LogP contribution is 2.48. The minimum atomic E-state index is -4.00. The largest absolute Gasteiger partial charge is 0.480 e. The van der Waals surface area contributed by atoms with E-state index in [0.717, 1.165) is 72.6 Å². The number of para-hydroxylation sites is 2. The lowest BCUT2D eigenvalue weighted by atomic mass is 9.81. The highest BCUT2D eigenvalue weighted by Gasteiger charge is 2.44. The van der Waals surface area contributed by atoms with Gasteiger partial charge in [-0.15, -0.1) is 0 Å². The zero-order chi connectivity index (χ0) is 42.1. The standard InChI is InChI=1S/C46H61ClN4O6S/c1-45(2)35-19-7-9-22-38(35)50(30-13-5-6-24-42(52)49-29-12-11-21-37(48)44(53)54)40(45)27-25-33-17-16-18-34(43(33)47)26-28-41-46(3,4)36-20-8-10-23-39(36)51(41)31-14-15-32-58(55,56)57/h7-10,19-20,22-23,25-28,37H,5-6,11-18,21,24,29-32,48H2,1-4H3,(H2-,49,52,53,54,55,56,57)/p+1. The van der Waals surface area contributed by atoms with Gasteiger partial charge in [0.1, 0.15) is 12.6 Å². The van der Waals surface area contributed by atoms with Crippen LogP contribution in [0.5, 0.6) is 0 Å². The Bertz CT molecular complexity index is 2100. The van der Waals surface area contributed by atoms with E-state index in [2.05, 4.69) is 109 Å². The third-order valence-corrected chi connectivity index (χ3v) is 13.1. The third kappa shape index (κ3) is 11.2. The molecule has 0 aromatic heterocycles. The van der Waals surface area contributed by atoms with Crippen LogP contribution in [0, 0.1) is 0 Å². The Balaban J connectivity index is 1.28. The fourth-order valence-corrected chi connectivity index (χ4v) is 9.43. The maximum absolute atomic E-state index is 12.4. The van der Waals surface area contributed by atoms with Crippen molar-refractivity contribution in [1.82, 2.24) is 5.32 Å². The molecule has 2 heterocycles. The first-order valence-corrected chi connectivity index (χ1v) is 22.8. The van der Waals surface area contributed by atoms with E-state index < -0.39 is 22.1 Å². The number of fused-ring (bicyclic) bond motifs is 2. The number of benzene rings is 2. The number of aliphatic carboxylic acids is 1. The average molecular weight is 835 g/mol. The van der Waals surface area contributed by atoms with E-state index >= 15 is 0 Å². The number of unbranched alkanes of at least 4 members (excludes halogenated alkanes) is 4. The van der Waals surface area contributed by atoms with Crippen molar-refractivity contribution in [3.8, 4) is 0 Å². The first-order valence-electron chi connectivity index (χ1n) is 20.8. The number of nitrogens with zero attached hydrogens (tertiary/aromatic N) is 2. The molecule has 0 radical (unpaired) electrons. The second-order valence-corrected chi connectivity index (χ2v) is 18.8. The van der Waals surface area contributed by atoms with Crippen LogP contribution in [0.25, 0.3) is 0 Å². The molecule has 1 aliphatic carbocycles. The number of nitrogens with one attached hydrogen (secondary N) is 1. The quantitative estimate of drug-likeness (QED) is 0.0587. The average Bonchev–Trinajstić information content (AvgIpc) is 3.52. The number of carbonyl (C=O) groups excluding carboxylic acids is 1. The Labute approximate surface area is 350 Å². The van der Waals surface area contributed by atoms with Gasteiger partial charge in [-0.25, -0.2) is 0 Å². The summed E-state index contributed by atoms with van der Waals surface area (Å²) in [6, 6.07) is 16.1. The Morgan fingerprint density at radius 3 is 2.38 bits per heavy atom. The Morgan fingerprint density at radius 2 is 1.64 bits per heavy atom. The number of halogens is 1. The van der Waals surface area contributed by atoms with Crippen molar-refractivity contribution in [2.24, 2.45) is 5.73 Å². The van der Waals surface area contributed by atoms with Crippen LogP contribution in [0.1, 0.15) is 116 Å². The fraction of sp³-hybridized carbons (Fsp3) is 0.500. The number of carbonyl (C=O) groups is 2. The van der Waals surface area contributed by atoms with E-state index in [9.17, 15) is 22.6 Å². The predicted molar refractivity (Wildman–Crippen MR) is 235 cm³/mol. The Morgan fingerprint density at radius 1 is 0.914 bits per heavy atom. The molecular weight excluding hydrogens is 772 g/mol. The first-order chi connectivity index (χ1) is 27.5. The van der Waals surface area contributed by atoms with E-state index in [-0.39, 0.29) is 22.5 Å². The number of carboxylic acids is 1. The second kappa shape index (κ2) is 19.8. The summed E-state index contributed by atoms with van der Waals surface area (Å²) in [5.74, 6) is -1.22. The molecule has 1 unspecified atom stereocenters. The summed E-state index contributed by atoms with van der Waals surface area (Å²) in [7, 11) is -4.00. The summed E-state index contributed by atoms with van der Waals surface area (Å²) in [6.07, 6.45) is 17.4. The Hall–Kier alpha value is -4.03. The fourth-order valence-electron chi connectivity index (χ4n) is 8.55. The van der Waals surface area contributed by atoms with Gasteiger partial charge in [-0.05, 0) is 107 Å². The molecule has 58 heavy (non-hydrogen) atoms. The van der Waals surface area contributed by atoms with Gasteiger partial charge >= 0.3 is 5.97 Å². The van der Waals surface area contributed by atoms with Crippen LogP contribution in [-0.2, 0) is 30.5 Å². The van der Waals surface area contributed by atoms with Crippen LogP contribution in [0.15, 0.2) is 94.7 Å². The number of carboxylic acid groups (broad SMARTS) is 1. The summed E-state index contributed by atoms with van der Waals surface area (Å²) in [4.78, 5) is 25.6. The van der Waals surface area contributed by atoms with Crippen LogP contribution < -0.4 is 16.0 Å².